The third-order valence-corrected chi connectivity index (χ3v) is 3.37. The Morgan fingerprint density at radius 3 is 2.71 bits per heavy atom. The van der Waals surface area contributed by atoms with E-state index in [2.05, 4.69) is 4.98 Å². The molecule has 6 heteroatoms. The summed E-state index contributed by atoms with van der Waals surface area (Å²) in [5.41, 5.74) is 1.26. The maximum atomic E-state index is 12.3. The highest BCUT2D eigenvalue weighted by Crippen LogP contribution is 2.22. The second kappa shape index (κ2) is 5.87. The van der Waals surface area contributed by atoms with Crippen molar-refractivity contribution >= 4 is 22.8 Å². The third kappa shape index (κ3) is 3.16. The molecule has 1 atom stereocenters. The lowest BCUT2D eigenvalue weighted by Gasteiger charge is -2.18. The van der Waals surface area contributed by atoms with Crippen LogP contribution in [0.3, 0.4) is 0 Å². The van der Waals surface area contributed by atoms with Crippen LogP contribution in [0.1, 0.15) is 17.4 Å². The standard InChI is InChI=1S/C15H18N2O4/c1-9(15(19)20)8-17(2)14(18)13-7-10-6-11(21-3)4-5-12(10)16-13/h4-7,9,16H,8H2,1-3H3,(H,19,20). The SMILES string of the molecule is COc1ccc2[nH]c(C(=O)N(C)CC(C)C(=O)O)cc2c1. The first-order valence-electron chi connectivity index (χ1n) is 6.57. The monoisotopic (exact) mass is 290 g/mol. The average molecular weight is 290 g/mol. The number of nitrogens with zero attached hydrogens (tertiary/aromatic N) is 1. The Hall–Kier alpha value is -2.50. The fraction of sp³-hybridized carbons (Fsp3) is 0.333. The first-order valence-corrected chi connectivity index (χ1v) is 6.57. The summed E-state index contributed by atoms with van der Waals surface area (Å²) in [5.74, 6) is -1.05. The molecule has 1 unspecified atom stereocenters. The molecule has 2 N–H and O–H groups in total. The molecule has 2 rings (SSSR count). The Morgan fingerprint density at radius 1 is 1.38 bits per heavy atom. The van der Waals surface area contributed by atoms with Gasteiger partial charge < -0.3 is 19.7 Å². The topological polar surface area (TPSA) is 82.6 Å². The van der Waals surface area contributed by atoms with Gasteiger partial charge in [0.05, 0.1) is 13.0 Å². The Balaban J connectivity index is 2.20. The molecule has 6 nitrogen and oxygen atoms in total. The van der Waals surface area contributed by atoms with Crippen molar-refractivity contribution in [1.82, 2.24) is 9.88 Å². The molecule has 21 heavy (non-hydrogen) atoms. The number of aromatic amines is 1. The number of fused-ring (bicyclic) bond motifs is 1. The molecule has 0 aliphatic rings. The van der Waals surface area contributed by atoms with Crippen molar-refractivity contribution in [2.45, 2.75) is 6.92 Å². The maximum Gasteiger partial charge on any atom is 0.308 e. The van der Waals surface area contributed by atoms with Gasteiger partial charge in [0.1, 0.15) is 11.4 Å². The Morgan fingerprint density at radius 2 is 2.10 bits per heavy atom. The number of hydrogen-bond acceptors (Lipinski definition) is 3. The summed E-state index contributed by atoms with van der Waals surface area (Å²) in [5, 5.41) is 9.77. The van der Waals surface area contributed by atoms with E-state index in [-0.39, 0.29) is 12.5 Å². The van der Waals surface area contributed by atoms with Crippen LogP contribution in [-0.4, -0.2) is 47.6 Å². The van der Waals surface area contributed by atoms with Gasteiger partial charge in [-0.25, -0.2) is 0 Å². The quantitative estimate of drug-likeness (QED) is 0.882. The fourth-order valence-electron chi connectivity index (χ4n) is 2.13. The summed E-state index contributed by atoms with van der Waals surface area (Å²) in [7, 11) is 3.18. The smallest absolute Gasteiger partial charge is 0.308 e. The molecule has 0 aliphatic heterocycles. The summed E-state index contributed by atoms with van der Waals surface area (Å²) in [6.07, 6.45) is 0. The molecule has 1 amide bonds. The molecule has 1 aromatic carbocycles. The number of benzene rings is 1. The summed E-state index contributed by atoms with van der Waals surface area (Å²) >= 11 is 0. The van der Waals surface area contributed by atoms with E-state index >= 15 is 0 Å². The zero-order valence-electron chi connectivity index (χ0n) is 12.2. The zero-order valence-corrected chi connectivity index (χ0v) is 12.2. The highest BCUT2D eigenvalue weighted by Gasteiger charge is 2.19. The normalized spacial score (nSPS) is 12.1. The van der Waals surface area contributed by atoms with Crippen LogP contribution in [0.15, 0.2) is 24.3 Å². The number of rotatable bonds is 5. The van der Waals surface area contributed by atoms with Crippen LogP contribution in [0.4, 0.5) is 0 Å². The predicted octanol–water partition coefficient (Wildman–Crippen LogP) is 1.97. The van der Waals surface area contributed by atoms with Crippen molar-refractivity contribution in [3.05, 3.63) is 30.0 Å². The molecule has 0 fully saturated rings. The number of ether oxygens (including phenoxy) is 1. The van der Waals surface area contributed by atoms with Crippen molar-refractivity contribution in [2.75, 3.05) is 20.7 Å². The number of carboxylic acid groups (broad SMARTS) is 1. The molecule has 0 bridgehead atoms. The van der Waals surface area contributed by atoms with Crippen molar-refractivity contribution in [1.29, 1.82) is 0 Å². The van der Waals surface area contributed by atoms with E-state index in [1.807, 2.05) is 18.2 Å². The van der Waals surface area contributed by atoms with Crippen LogP contribution in [0.2, 0.25) is 0 Å². The molecule has 0 saturated carbocycles. The summed E-state index contributed by atoms with van der Waals surface area (Å²) in [6.45, 7) is 1.73. The number of nitrogens with one attached hydrogen (secondary N) is 1. The molecular formula is C15H18N2O4. The zero-order chi connectivity index (χ0) is 15.6. The molecule has 1 aromatic heterocycles. The molecular weight excluding hydrogens is 272 g/mol. The number of aromatic nitrogens is 1. The molecule has 0 radical (unpaired) electrons. The van der Waals surface area contributed by atoms with E-state index < -0.39 is 11.9 Å². The lowest BCUT2D eigenvalue weighted by Crippen LogP contribution is -2.33. The Labute approximate surface area is 122 Å². The van der Waals surface area contributed by atoms with Crippen LogP contribution in [0.5, 0.6) is 5.75 Å². The van der Waals surface area contributed by atoms with Crippen molar-refractivity contribution in [3.8, 4) is 5.75 Å². The van der Waals surface area contributed by atoms with Crippen LogP contribution >= 0.6 is 0 Å². The molecule has 2 aromatic rings. The highest BCUT2D eigenvalue weighted by atomic mass is 16.5. The first kappa shape index (κ1) is 14.9. The number of amides is 1. The van der Waals surface area contributed by atoms with Crippen molar-refractivity contribution in [3.63, 3.8) is 0 Å². The van der Waals surface area contributed by atoms with Gasteiger partial charge in [0.25, 0.3) is 5.91 Å². The molecule has 0 spiro atoms. The van der Waals surface area contributed by atoms with E-state index in [1.165, 1.54) is 4.90 Å². The maximum absolute atomic E-state index is 12.3. The van der Waals surface area contributed by atoms with E-state index in [0.717, 1.165) is 10.9 Å². The van der Waals surface area contributed by atoms with Gasteiger partial charge in [-0.3, -0.25) is 9.59 Å². The second-order valence-electron chi connectivity index (χ2n) is 5.06. The van der Waals surface area contributed by atoms with Crippen LogP contribution in [-0.2, 0) is 4.79 Å². The number of methoxy groups -OCH3 is 1. The molecule has 0 saturated heterocycles. The summed E-state index contributed by atoms with van der Waals surface area (Å²) < 4.78 is 5.14. The van der Waals surface area contributed by atoms with Gasteiger partial charge in [0, 0.05) is 24.5 Å². The van der Waals surface area contributed by atoms with E-state index in [9.17, 15) is 9.59 Å². The minimum atomic E-state index is -0.920. The second-order valence-corrected chi connectivity index (χ2v) is 5.06. The summed E-state index contributed by atoms with van der Waals surface area (Å²) in [4.78, 5) is 27.6. The lowest BCUT2D eigenvalue weighted by atomic mass is 10.1. The number of carbonyl (C=O) groups excluding carboxylic acids is 1. The Bertz CT molecular complexity index is 677. The van der Waals surface area contributed by atoms with E-state index in [4.69, 9.17) is 9.84 Å². The van der Waals surface area contributed by atoms with Crippen LogP contribution in [0, 0.1) is 5.92 Å². The van der Waals surface area contributed by atoms with Crippen LogP contribution < -0.4 is 4.74 Å². The highest BCUT2D eigenvalue weighted by molar-refractivity contribution is 5.98. The number of carbonyl (C=O) groups is 2. The fourth-order valence-corrected chi connectivity index (χ4v) is 2.13. The first-order chi connectivity index (χ1) is 9.92. The average Bonchev–Trinajstić information content (AvgIpc) is 2.88. The molecule has 112 valence electrons. The minimum Gasteiger partial charge on any atom is -0.497 e. The van der Waals surface area contributed by atoms with Crippen molar-refractivity contribution < 1.29 is 19.4 Å². The van der Waals surface area contributed by atoms with Gasteiger partial charge in [-0.2, -0.15) is 0 Å². The van der Waals surface area contributed by atoms with E-state index in [0.29, 0.717) is 11.4 Å². The number of aliphatic carboxylic acids is 1. The minimum absolute atomic E-state index is 0.160. The van der Waals surface area contributed by atoms with Gasteiger partial charge in [0.15, 0.2) is 0 Å². The van der Waals surface area contributed by atoms with Gasteiger partial charge in [0.2, 0.25) is 0 Å². The third-order valence-electron chi connectivity index (χ3n) is 3.37. The number of carboxylic acids is 1. The molecule has 1 heterocycles. The largest absolute Gasteiger partial charge is 0.497 e. The Kier molecular flexibility index (Phi) is 4.16. The van der Waals surface area contributed by atoms with Gasteiger partial charge in [-0.1, -0.05) is 6.92 Å². The van der Waals surface area contributed by atoms with Gasteiger partial charge in [-0.05, 0) is 24.3 Å². The van der Waals surface area contributed by atoms with Crippen LogP contribution in [0.25, 0.3) is 10.9 Å². The van der Waals surface area contributed by atoms with E-state index in [1.54, 1.807) is 27.1 Å². The molecule has 0 aliphatic carbocycles. The number of H-pyrrole nitrogens is 1. The lowest BCUT2D eigenvalue weighted by molar-refractivity contribution is -0.141. The summed E-state index contributed by atoms with van der Waals surface area (Å²) in [6, 6.07) is 7.22. The predicted molar refractivity (Wildman–Crippen MR) is 78.6 cm³/mol. The van der Waals surface area contributed by atoms with Gasteiger partial charge >= 0.3 is 5.97 Å². The van der Waals surface area contributed by atoms with Gasteiger partial charge in [-0.15, -0.1) is 0 Å². The number of hydrogen-bond donors (Lipinski definition) is 2. The van der Waals surface area contributed by atoms with Crippen molar-refractivity contribution in [2.24, 2.45) is 5.92 Å².